The van der Waals surface area contributed by atoms with E-state index in [0.29, 0.717) is 11.6 Å². The minimum absolute atomic E-state index is 0.221. The number of ether oxygens (including phenoxy) is 1. The topological polar surface area (TPSA) is 80.3 Å². The lowest BCUT2D eigenvalue weighted by Gasteiger charge is -2.25. The lowest BCUT2D eigenvalue weighted by Crippen LogP contribution is -2.97. The highest BCUT2D eigenvalue weighted by Crippen LogP contribution is 2.44. The molecular formula is C18H22ClN2O4+. The molecule has 134 valence electrons. The van der Waals surface area contributed by atoms with E-state index >= 15 is 0 Å². The Morgan fingerprint density at radius 3 is 2.44 bits per heavy atom. The second kappa shape index (κ2) is 6.42. The zero-order chi connectivity index (χ0) is 18.4. The fourth-order valence-corrected chi connectivity index (χ4v) is 4.23. The van der Waals surface area contributed by atoms with Crippen LogP contribution in [0, 0.1) is 11.8 Å². The van der Waals surface area contributed by atoms with Gasteiger partial charge in [0.2, 0.25) is 17.4 Å². The van der Waals surface area contributed by atoms with Crippen molar-refractivity contribution in [3.63, 3.8) is 0 Å². The maximum absolute atomic E-state index is 12.9. The molecule has 0 saturated carbocycles. The van der Waals surface area contributed by atoms with E-state index in [-0.39, 0.29) is 24.5 Å². The van der Waals surface area contributed by atoms with Crippen LogP contribution in [-0.4, -0.2) is 41.4 Å². The van der Waals surface area contributed by atoms with Crippen molar-refractivity contribution in [3.05, 3.63) is 34.9 Å². The molecular weight excluding hydrogens is 344 g/mol. The van der Waals surface area contributed by atoms with E-state index in [2.05, 4.69) is 0 Å². The Labute approximate surface area is 151 Å². The number of fused-ring (bicyclic) bond motifs is 1. The molecule has 2 fully saturated rings. The molecule has 3 rings (SSSR count). The molecule has 0 unspecified atom stereocenters. The monoisotopic (exact) mass is 365 g/mol. The zero-order valence-electron chi connectivity index (χ0n) is 14.5. The first-order valence-corrected chi connectivity index (χ1v) is 8.86. The van der Waals surface area contributed by atoms with Crippen molar-refractivity contribution in [2.75, 3.05) is 13.2 Å². The largest absolute Gasteiger partial charge is 0.461 e. The van der Waals surface area contributed by atoms with Crippen LogP contribution in [0.5, 0.6) is 0 Å². The smallest absolute Gasteiger partial charge is 0.368 e. The molecule has 2 aliphatic rings. The van der Waals surface area contributed by atoms with Crippen LogP contribution in [0.3, 0.4) is 0 Å². The number of amides is 2. The predicted molar refractivity (Wildman–Crippen MR) is 90.5 cm³/mol. The van der Waals surface area contributed by atoms with Gasteiger partial charge in [-0.2, -0.15) is 0 Å². The van der Waals surface area contributed by atoms with E-state index in [9.17, 15) is 14.4 Å². The molecule has 4 atom stereocenters. The molecule has 0 spiro atoms. The summed E-state index contributed by atoms with van der Waals surface area (Å²) in [6.45, 7) is 5.72. The Kier molecular flexibility index (Phi) is 4.60. The van der Waals surface area contributed by atoms with E-state index in [1.807, 2.05) is 17.4 Å². The van der Waals surface area contributed by atoms with Gasteiger partial charge in [0.15, 0.2) is 0 Å². The highest BCUT2D eigenvalue weighted by molar-refractivity contribution is 6.30. The van der Waals surface area contributed by atoms with Crippen molar-refractivity contribution in [2.24, 2.45) is 11.8 Å². The maximum Gasteiger partial charge on any atom is 0.368 e. The van der Waals surface area contributed by atoms with Crippen molar-refractivity contribution in [3.8, 4) is 0 Å². The molecule has 0 radical (unpaired) electrons. The number of carbonyl (C=O) groups is 3. The molecule has 7 heteroatoms. The number of nitrogens with two attached hydrogens (primary N) is 1. The molecule has 0 bridgehead atoms. The second-order valence-electron chi connectivity index (χ2n) is 6.67. The lowest BCUT2D eigenvalue weighted by molar-refractivity contribution is -0.731. The third kappa shape index (κ3) is 2.64. The van der Waals surface area contributed by atoms with Crippen molar-refractivity contribution in [1.29, 1.82) is 0 Å². The Bertz CT molecular complexity index is 720. The average Bonchev–Trinajstić information content (AvgIpc) is 3.03. The number of hydrogen-bond acceptors (Lipinski definition) is 4. The van der Waals surface area contributed by atoms with Crippen LogP contribution in [-0.2, 0) is 19.1 Å². The number of likely N-dealkylation sites (tertiary alicyclic amines) is 1. The van der Waals surface area contributed by atoms with Gasteiger partial charge in [-0.15, -0.1) is 0 Å². The molecule has 25 heavy (non-hydrogen) atoms. The number of esters is 1. The standard InChI is InChI=1S/C18H21ClN2O4/c1-4-21-15(22)12-13(16(21)23)18(3,17(24)25-5-2)20-14(12)10-6-8-11(19)9-7-10/h6-9,12-14,20H,4-5H2,1-3H3/p+1/t12-,13+,14-,18+/m0/s1. The van der Waals surface area contributed by atoms with Gasteiger partial charge in [0.1, 0.15) is 17.9 Å². The number of carbonyl (C=O) groups excluding carboxylic acids is 3. The highest BCUT2D eigenvalue weighted by atomic mass is 35.5. The summed E-state index contributed by atoms with van der Waals surface area (Å²) < 4.78 is 5.22. The van der Waals surface area contributed by atoms with Crippen molar-refractivity contribution in [2.45, 2.75) is 32.4 Å². The Balaban J connectivity index is 2.07. The molecule has 6 nitrogen and oxygen atoms in total. The minimum Gasteiger partial charge on any atom is -0.461 e. The van der Waals surface area contributed by atoms with Gasteiger partial charge in [-0.1, -0.05) is 23.7 Å². The third-order valence-corrected chi connectivity index (χ3v) is 5.54. The van der Waals surface area contributed by atoms with Gasteiger partial charge in [-0.05, 0) is 26.0 Å². The van der Waals surface area contributed by atoms with E-state index < -0.39 is 23.3 Å². The normalized spacial score (nSPS) is 31.4. The number of benzene rings is 1. The van der Waals surface area contributed by atoms with Crippen LogP contribution >= 0.6 is 11.6 Å². The van der Waals surface area contributed by atoms with Crippen LogP contribution < -0.4 is 5.32 Å². The van der Waals surface area contributed by atoms with Crippen LogP contribution in [0.2, 0.25) is 5.02 Å². The van der Waals surface area contributed by atoms with Crippen molar-refractivity contribution < 1.29 is 24.4 Å². The number of rotatable bonds is 4. The number of hydrogen-bond donors (Lipinski definition) is 1. The van der Waals surface area contributed by atoms with Gasteiger partial charge in [-0.25, -0.2) is 4.79 Å². The summed E-state index contributed by atoms with van der Waals surface area (Å²) in [5, 5.41) is 2.40. The first kappa shape index (κ1) is 17.9. The SMILES string of the molecule is CCOC(=O)[C@]1(C)[NH2+][C@@H](c2ccc(Cl)cc2)[C@H]2C(=O)N(CC)C(=O)[C@@H]21. The molecule has 1 aromatic rings. The van der Waals surface area contributed by atoms with E-state index in [1.54, 1.807) is 32.9 Å². The number of quaternary nitrogens is 1. The first-order chi connectivity index (χ1) is 11.8. The Hall–Kier alpha value is -1.92. The number of imide groups is 1. The number of halogens is 1. The predicted octanol–water partition coefficient (Wildman–Crippen LogP) is 0.901. The zero-order valence-corrected chi connectivity index (χ0v) is 15.2. The quantitative estimate of drug-likeness (QED) is 0.635. The summed E-state index contributed by atoms with van der Waals surface area (Å²) >= 11 is 5.96. The van der Waals surface area contributed by atoms with Gasteiger partial charge >= 0.3 is 5.97 Å². The average molecular weight is 366 g/mol. The minimum atomic E-state index is -1.12. The van der Waals surface area contributed by atoms with Crippen LogP contribution in [0.4, 0.5) is 0 Å². The molecule has 2 aliphatic heterocycles. The van der Waals surface area contributed by atoms with Gasteiger partial charge in [0, 0.05) is 24.1 Å². The van der Waals surface area contributed by atoms with Gasteiger partial charge in [0.25, 0.3) is 0 Å². The fourth-order valence-electron chi connectivity index (χ4n) is 4.11. The first-order valence-electron chi connectivity index (χ1n) is 8.49. The van der Waals surface area contributed by atoms with E-state index in [1.165, 1.54) is 4.90 Å². The summed E-state index contributed by atoms with van der Waals surface area (Å²) in [5.41, 5.74) is -0.256. The number of nitrogens with zero attached hydrogens (tertiary/aromatic N) is 1. The van der Waals surface area contributed by atoms with E-state index in [0.717, 1.165) is 5.56 Å². The molecule has 0 aliphatic carbocycles. The summed E-state index contributed by atoms with van der Waals surface area (Å²) in [5.74, 6) is -2.27. The Morgan fingerprint density at radius 2 is 1.88 bits per heavy atom. The molecule has 2 N–H and O–H groups in total. The lowest BCUT2D eigenvalue weighted by atomic mass is 9.80. The maximum atomic E-state index is 12.9. The summed E-state index contributed by atoms with van der Waals surface area (Å²) in [6.07, 6.45) is 0. The van der Waals surface area contributed by atoms with Gasteiger partial charge in [-0.3, -0.25) is 14.5 Å². The molecule has 2 saturated heterocycles. The third-order valence-electron chi connectivity index (χ3n) is 5.29. The van der Waals surface area contributed by atoms with Crippen LogP contribution in [0.25, 0.3) is 0 Å². The van der Waals surface area contributed by atoms with Crippen molar-refractivity contribution >= 4 is 29.4 Å². The highest BCUT2D eigenvalue weighted by Gasteiger charge is 2.70. The van der Waals surface area contributed by atoms with Gasteiger partial charge < -0.3 is 10.1 Å². The molecule has 2 heterocycles. The molecule has 2 amide bonds. The van der Waals surface area contributed by atoms with E-state index in [4.69, 9.17) is 16.3 Å². The fraction of sp³-hybridized carbons (Fsp3) is 0.500. The summed E-state index contributed by atoms with van der Waals surface area (Å²) in [6, 6.07) is 6.84. The Morgan fingerprint density at radius 1 is 1.24 bits per heavy atom. The summed E-state index contributed by atoms with van der Waals surface area (Å²) in [7, 11) is 0. The van der Waals surface area contributed by atoms with Crippen LogP contribution in [0.15, 0.2) is 24.3 Å². The summed E-state index contributed by atoms with van der Waals surface area (Å²) in [4.78, 5) is 39.6. The van der Waals surface area contributed by atoms with Crippen molar-refractivity contribution in [1.82, 2.24) is 4.90 Å². The van der Waals surface area contributed by atoms with Crippen LogP contribution in [0.1, 0.15) is 32.4 Å². The second-order valence-corrected chi connectivity index (χ2v) is 7.11. The molecule has 1 aromatic carbocycles. The van der Waals surface area contributed by atoms with Gasteiger partial charge in [0.05, 0.1) is 6.61 Å². The molecule has 0 aromatic heterocycles.